The topological polar surface area (TPSA) is 71.5 Å². The molecule has 2 N–H and O–H groups in total. The van der Waals surface area contributed by atoms with Gasteiger partial charge in [0.2, 0.25) is 5.88 Å². The molecule has 0 bridgehead atoms. The van der Waals surface area contributed by atoms with Gasteiger partial charge < -0.3 is 15.2 Å². The zero-order valence-electron chi connectivity index (χ0n) is 11.1. The Kier molecular flexibility index (Phi) is 5.09. The summed E-state index contributed by atoms with van der Waals surface area (Å²) in [5, 5.41) is 16.3. The van der Waals surface area contributed by atoms with Crippen LogP contribution in [-0.2, 0) is 0 Å². The molecular weight excluding hydrogens is 276 g/mol. The average Bonchev–Trinajstić information content (AvgIpc) is 2.99. The number of hydrogen-bond acceptors (Lipinski definition) is 5. The summed E-state index contributed by atoms with van der Waals surface area (Å²) in [5.74, 6) is -0.00615. The van der Waals surface area contributed by atoms with Crippen molar-refractivity contribution in [1.82, 2.24) is 10.3 Å². The molecule has 2 aromatic rings. The third-order valence-corrected chi connectivity index (χ3v) is 3.38. The molecule has 0 aliphatic carbocycles. The highest BCUT2D eigenvalue weighted by atomic mass is 32.1. The monoisotopic (exact) mass is 292 g/mol. The second-order valence-corrected chi connectivity index (χ2v) is 4.85. The lowest BCUT2D eigenvalue weighted by molar-refractivity contribution is 0.0912. The van der Waals surface area contributed by atoms with Gasteiger partial charge in [-0.25, -0.2) is 4.98 Å². The van der Waals surface area contributed by atoms with Crippen molar-refractivity contribution in [2.45, 2.75) is 13.0 Å². The first-order valence-electron chi connectivity index (χ1n) is 6.28. The first-order valence-corrected chi connectivity index (χ1v) is 7.22. The summed E-state index contributed by atoms with van der Waals surface area (Å²) in [5.41, 5.74) is 1.17. The maximum atomic E-state index is 12.1. The standard InChI is InChI=1S/C14H16N2O3S/c1-2-19-14-11(4-3-6-15-14)13(18)16-8-12(17)10-5-7-20-9-10/h3-7,9,12,17H,2,8H2,1H3,(H,16,18). The smallest absolute Gasteiger partial charge is 0.256 e. The van der Waals surface area contributed by atoms with Crippen LogP contribution in [0.3, 0.4) is 0 Å². The maximum Gasteiger partial charge on any atom is 0.256 e. The van der Waals surface area contributed by atoms with E-state index in [4.69, 9.17) is 4.74 Å². The summed E-state index contributed by atoms with van der Waals surface area (Å²) in [6, 6.07) is 5.15. The van der Waals surface area contributed by atoms with Gasteiger partial charge >= 0.3 is 0 Å². The van der Waals surface area contributed by atoms with E-state index in [1.54, 1.807) is 18.3 Å². The highest BCUT2D eigenvalue weighted by Gasteiger charge is 2.15. The van der Waals surface area contributed by atoms with Gasteiger partial charge in [0.1, 0.15) is 5.56 Å². The molecule has 5 nitrogen and oxygen atoms in total. The Morgan fingerprint density at radius 2 is 2.40 bits per heavy atom. The Morgan fingerprint density at radius 3 is 3.10 bits per heavy atom. The number of hydrogen-bond donors (Lipinski definition) is 2. The van der Waals surface area contributed by atoms with E-state index in [1.807, 2.05) is 23.8 Å². The number of carbonyl (C=O) groups is 1. The Labute approximate surface area is 121 Å². The second kappa shape index (κ2) is 7.02. The lowest BCUT2D eigenvalue weighted by atomic mass is 10.2. The molecule has 1 unspecified atom stereocenters. The molecule has 0 aromatic carbocycles. The average molecular weight is 292 g/mol. The van der Waals surface area contributed by atoms with Crippen molar-refractivity contribution < 1.29 is 14.6 Å². The van der Waals surface area contributed by atoms with Gasteiger partial charge in [-0.05, 0) is 41.4 Å². The van der Waals surface area contributed by atoms with Gasteiger partial charge in [-0.3, -0.25) is 4.79 Å². The van der Waals surface area contributed by atoms with Gasteiger partial charge in [-0.2, -0.15) is 11.3 Å². The van der Waals surface area contributed by atoms with Gasteiger partial charge in [0.15, 0.2) is 0 Å². The maximum absolute atomic E-state index is 12.1. The van der Waals surface area contributed by atoms with Gasteiger partial charge in [0.05, 0.1) is 12.7 Å². The highest BCUT2D eigenvalue weighted by Crippen LogP contribution is 2.17. The van der Waals surface area contributed by atoms with E-state index in [0.717, 1.165) is 5.56 Å². The molecule has 106 valence electrons. The molecule has 2 heterocycles. The number of aliphatic hydroxyl groups is 1. The molecule has 2 rings (SSSR count). The van der Waals surface area contributed by atoms with Crippen molar-refractivity contribution in [3.63, 3.8) is 0 Å². The SMILES string of the molecule is CCOc1ncccc1C(=O)NCC(O)c1ccsc1. The summed E-state index contributed by atoms with van der Waals surface area (Å²) < 4.78 is 5.30. The van der Waals surface area contributed by atoms with Crippen LogP contribution in [-0.4, -0.2) is 29.1 Å². The molecule has 1 atom stereocenters. The fraction of sp³-hybridized carbons (Fsp3) is 0.286. The Hall–Kier alpha value is -1.92. The van der Waals surface area contributed by atoms with Crippen molar-refractivity contribution in [1.29, 1.82) is 0 Å². The predicted molar refractivity (Wildman–Crippen MR) is 77.0 cm³/mol. The van der Waals surface area contributed by atoms with Crippen LogP contribution in [0.5, 0.6) is 5.88 Å². The summed E-state index contributed by atoms with van der Waals surface area (Å²) in [4.78, 5) is 16.1. The Bertz CT molecular complexity index is 557. The molecule has 6 heteroatoms. The summed E-state index contributed by atoms with van der Waals surface area (Å²) >= 11 is 1.50. The fourth-order valence-electron chi connectivity index (χ4n) is 1.68. The molecular formula is C14H16N2O3S. The number of amides is 1. The Balaban J connectivity index is 1.98. The third kappa shape index (κ3) is 3.55. The minimum Gasteiger partial charge on any atom is -0.477 e. The van der Waals surface area contributed by atoms with E-state index in [0.29, 0.717) is 18.1 Å². The van der Waals surface area contributed by atoms with Crippen LogP contribution in [0, 0.1) is 0 Å². The number of ether oxygens (including phenoxy) is 1. The molecule has 20 heavy (non-hydrogen) atoms. The number of nitrogens with zero attached hydrogens (tertiary/aromatic N) is 1. The quantitative estimate of drug-likeness (QED) is 0.854. The summed E-state index contributed by atoms with van der Waals surface area (Å²) in [7, 11) is 0. The van der Waals surface area contributed by atoms with Crippen LogP contribution in [0.15, 0.2) is 35.2 Å². The van der Waals surface area contributed by atoms with Gasteiger partial charge in [0, 0.05) is 12.7 Å². The minimum atomic E-state index is -0.711. The molecule has 0 spiro atoms. The molecule has 2 aromatic heterocycles. The zero-order valence-corrected chi connectivity index (χ0v) is 11.9. The highest BCUT2D eigenvalue weighted by molar-refractivity contribution is 7.07. The molecule has 1 amide bonds. The normalized spacial score (nSPS) is 11.9. The number of thiophene rings is 1. The second-order valence-electron chi connectivity index (χ2n) is 4.07. The van der Waals surface area contributed by atoms with Crippen LogP contribution in [0.1, 0.15) is 28.9 Å². The summed E-state index contributed by atoms with van der Waals surface area (Å²) in [6.07, 6.45) is 0.861. The van der Waals surface area contributed by atoms with Crippen molar-refractivity contribution in [2.24, 2.45) is 0 Å². The molecule has 0 aliphatic heterocycles. The Morgan fingerprint density at radius 1 is 1.55 bits per heavy atom. The minimum absolute atomic E-state index is 0.149. The molecule has 0 saturated carbocycles. The number of aromatic nitrogens is 1. The van der Waals surface area contributed by atoms with E-state index < -0.39 is 6.10 Å². The number of rotatable bonds is 6. The lowest BCUT2D eigenvalue weighted by Crippen LogP contribution is -2.28. The summed E-state index contributed by atoms with van der Waals surface area (Å²) in [6.45, 7) is 2.42. The van der Waals surface area contributed by atoms with Crippen LogP contribution in [0.2, 0.25) is 0 Å². The van der Waals surface area contributed by atoms with E-state index in [1.165, 1.54) is 11.3 Å². The van der Waals surface area contributed by atoms with Gasteiger partial charge in [-0.15, -0.1) is 0 Å². The van der Waals surface area contributed by atoms with Crippen molar-refractivity contribution in [2.75, 3.05) is 13.2 Å². The lowest BCUT2D eigenvalue weighted by Gasteiger charge is -2.12. The van der Waals surface area contributed by atoms with Crippen LogP contribution in [0.25, 0.3) is 0 Å². The first kappa shape index (κ1) is 14.5. The van der Waals surface area contributed by atoms with E-state index in [2.05, 4.69) is 10.3 Å². The largest absolute Gasteiger partial charge is 0.477 e. The number of carbonyl (C=O) groups excluding carboxylic acids is 1. The molecule has 0 fully saturated rings. The van der Waals surface area contributed by atoms with Crippen LogP contribution in [0.4, 0.5) is 0 Å². The predicted octanol–water partition coefficient (Wildman–Crippen LogP) is 2.01. The van der Waals surface area contributed by atoms with Gasteiger partial charge in [0.25, 0.3) is 5.91 Å². The van der Waals surface area contributed by atoms with Crippen molar-refractivity contribution in [3.8, 4) is 5.88 Å². The first-order chi connectivity index (χ1) is 9.72. The fourth-order valence-corrected chi connectivity index (χ4v) is 2.39. The van der Waals surface area contributed by atoms with Crippen LogP contribution >= 0.6 is 11.3 Å². The van der Waals surface area contributed by atoms with E-state index in [9.17, 15) is 9.90 Å². The molecule has 0 aliphatic rings. The zero-order chi connectivity index (χ0) is 14.4. The number of nitrogens with one attached hydrogen (secondary N) is 1. The van der Waals surface area contributed by atoms with Crippen LogP contribution < -0.4 is 10.1 Å². The third-order valence-electron chi connectivity index (χ3n) is 2.68. The molecule has 0 saturated heterocycles. The number of aliphatic hydroxyl groups excluding tert-OH is 1. The number of pyridine rings is 1. The van der Waals surface area contributed by atoms with Crippen molar-refractivity contribution >= 4 is 17.2 Å². The van der Waals surface area contributed by atoms with Crippen molar-refractivity contribution in [3.05, 3.63) is 46.3 Å². The molecule has 0 radical (unpaired) electrons. The van der Waals surface area contributed by atoms with E-state index in [-0.39, 0.29) is 12.5 Å². The van der Waals surface area contributed by atoms with E-state index >= 15 is 0 Å². The van der Waals surface area contributed by atoms with Gasteiger partial charge in [-0.1, -0.05) is 0 Å².